The molecule has 1 fully saturated rings. The molecule has 0 unspecified atom stereocenters. The van der Waals surface area contributed by atoms with Crippen LogP contribution in [0, 0.1) is 0 Å². The molecule has 0 radical (unpaired) electrons. The second-order valence-electron chi connectivity index (χ2n) is 6.65. The summed E-state index contributed by atoms with van der Waals surface area (Å²) in [7, 11) is 0. The molecule has 0 atom stereocenters. The molecule has 3 aromatic rings. The summed E-state index contributed by atoms with van der Waals surface area (Å²) in [6.45, 7) is 2.90. The molecule has 142 valence electrons. The summed E-state index contributed by atoms with van der Waals surface area (Å²) in [4.78, 5) is 16.6. The number of hydrogen-bond donors (Lipinski definition) is 0. The van der Waals surface area contributed by atoms with Crippen molar-refractivity contribution in [3.8, 4) is 5.69 Å². The molecule has 5 nitrogen and oxygen atoms in total. The molecule has 1 aliphatic heterocycles. The highest BCUT2D eigenvalue weighted by molar-refractivity contribution is 6.33. The van der Waals surface area contributed by atoms with E-state index in [2.05, 4.69) is 10.00 Å². The predicted molar refractivity (Wildman–Crippen MR) is 113 cm³/mol. The van der Waals surface area contributed by atoms with Gasteiger partial charge in [-0.05, 0) is 30.3 Å². The zero-order valence-electron chi connectivity index (χ0n) is 15.4. The fraction of sp³-hybridized carbons (Fsp3) is 0.182. The van der Waals surface area contributed by atoms with Crippen molar-refractivity contribution in [2.24, 2.45) is 0 Å². The number of carbonyl (C=O) groups is 1. The maximum absolute atomic E-state index is 12.5. The third kappa shape index (κ3) is 4.10. The zero-order chi connectivity index (χ0) is 19.3. The van der Waals surface area contributed by atoms with Crippen molar-refractivity contribution in [3.05, 3.63) is 83.7 Å². The maximum atomic E-state index is 12.5. The predicted octanol–water partition coefficient (Wildman–Crippen LogP) is 3.89. The van der Waals surface area contributed by atoms with E-state index in [9.17, 15) is 4.79 Å². The van der Waals surface area contributed by atoms with Crippen LogP contribution in [0.1, 0.15) is 5.56 Å². The number of piperazine rings is 1. The highest BCUT2D eigenvalue weighted by atomic mass is 35.5. The lowest BCUT2D eigenvalue weighted by Gasteiger charge is -2.36. The maximum Gasteiger partial charge on any atom is 0.246 e. The van der Waals surface area contributed by atoms with E-state index in [4.69, 9.17) is 11.6 Å². The molecule has 28 heavy (non-hydrogen) atoms. The van der Waals surface area contributed by atoms with E-state index in [1.165, 1.54) is 0 Å². The number of anilines is 1. The summed E-state index contributed by atoms with van der Waals surface area (Å²) in [5.74, 6) is 0.0197. The van der Waals surface area contributed by atoms with E-state index < -0.39 is 0 Å². The van der Waals surface area contributed by atoms with Crippen LogP contribution in [-0.4, -0.2) is 46.8 Å². The molecule has 0 saturated carbocycles. The van der Waals surface area contributed by atoms with Crippen LogP contribution >= 0.6 is 11.6 Å². The Bertz CT molecular complexity index is 975. The molecule has 2 aromatic carbocycles. The van der Waals surface area contributed by atoms with Crippen molar-refractivity contribution in [3.63, 3.8) is 0 Å². The van der Waals surface area contributed by atoms with Gasteiger partial charge in [0, 0.05) is 44.0 Å². The van der Waals surface area contributed by atoms with E-state index in [1.807, 2.05) is 71.8 Å². The smallest absolute Gasteiger partial charge is 0.246 e. The number of nitrogens with zero attached hydrogens (tertiary/aromatic N) is 4. The van der Waals surface area contributed by atoms with Gasteiger partial charge in [0.2, 0.25) is 5.91 Å². The number of amides is 1. The van der Waals surface area contributed by atoms with Crippen LogP contribution in [0.15, 0.2) is 73.1 Å². The molecule has 1 aliphatic rings. The van der Waals surface area contributed by atoms with Crippen LogP contribution in [0.4, 0.5) is 5.69 Å². The first-order valence-corrected chi connectivity index (χ1v) is 9.65. The van der Waals surface area contributed by atoms with Crippen molar-refractivity contribution in [1.82, 2.24) is 14.7 Å². The number of aromatic nitrogens is 2. The topological polar surface area (TPSA) is 41.4 Å². The number of benzene rings is 2. The van der Waals surface area contributed by atoms with Crippen molar-refractivity contribution in [2.45, 2.75) is 0 Å². The molecule has 0 bridgehead atoms. The fourth-order valence-corrected chi connectivity index (χ4v) is 3.55. The lowest BCUT2D eigenvalue weighted by atomic mass is 10.2. The number of rotatable bonds is 4. The van der Waals surface area contributed by atoms with Gasteiger partial charge in [0.25, 0.3) is 0 Å². The van der Waals surface area contributed by atoms with Gasteiger partial charge in [0.15, 0.2) is 0 Å². The van der Waals surface area contributed by atoms with Gasteiger partial charge in [-0.25, -0.2) is 4.68 Å². The van der Waals surface area contributed by atoms with Gasteiger partial charge in [-0.3, -0.25) is 4.79 Å². The van der Waals surface area contributed by atoms with Crippen LogP contribution in [-0.2, 0) is 4.79 Å². The molecule has 0 aliphatic carbocycles. The minimum Gasteiger partial charge on any atom is -0.367 e. The average Bonchev–Trinajstić information content (AvgIpc) is 3.22. The Kier molecular flexibility index (Phi) is 5.44. The van der Waals surface area contributed by atoms with Gasteiger partial charge in [0.1, 0.15) is 0 Å². The molecule has 0 spiro atoms. The summed E-state index contributed by atoms with van der Waals surface area (Å²) in [5, 5.41) is 5.10. The normalized spacial score (nSPS) is 14.6. The fourth-order valence-electron chi connectivity index (χ4n) is 3.29. The Balaban J connectivity index is 1.35. The summed E-state index contributed by atoms with van der Waals surface area (Å²) in [6.07, 6.45) is 7.10. The van der Waals surface area contributed by atoms with Crippen molar-refractivity contribution >= 4 is 29.3 Å². The van der Waals surface area contributed by atoms with Crippen molar-refractivity contribution in [2.75, 3.05) is 31.1 Å². The Hall–Kier alpha value is -3.05. The standard InChI is InChI=1S/C22H21ClN4O/c23-20-8-4-5-9-21(20)25-12-14-26(15-13-25)22(28)11-10-18-16-24-27(17-18)19-6-2-1-3-7-19/h1-11,16-17H,12-15H2/b11-10+. The lowest BCUT2D eigenvalue weighted by Crippen LogP contribution is -2.48. The SMILES string of the molecule is O=C(/C=C/c1cnn(-c2ccccc2)c1)N1CCN(c2ccccc2Cl)CC1. The van der Waals surface area contributed by atoms with Gasteiger partial charge < -0.3 is 9.80 Å². The molecular weight excluding hydrogens is 372 g/mol. The van der Waals surface area contributed by atoms with E-state index in [-0.39, 0.29) is 5.91 Å². The first-order chi connectivity index (χ1) is 13.7. The number of halogens is 1. The Morgan fingerprint density at radius 3 is 2.43 bits per heavy atom. The van der Waals surface area contributed by atoms with Crippen molar-refractivity contribution in [1.29, 1.82) is 0 Å². The van der Waals surface area contributed by atoms with Gasteiger partial charge in [-0.15, -0.1) is 0 Å². The molecule has 2 heterocycles. The highest BCUT2D eigenvalue weighted by Crippen LogP contribution is 2.26. The van der Waals surface area contributed by atoms with Gasteiger partial charge in [0.05, 0.1) is 22.6 Å². The van der Waals surface area contributed by atoms with Crippen LogP contribution in [0.2, 0.25) is 5.02 Å². The van der Waals surface area contributed by atoms with Gasteiger partial charge >= 0.3 is 0 Å². The largest absolute Gasteiger partial charge is 0.367 e. The second-order valence-corrected chi connectivity index (χ2v) is 7.06. The summed E-state index contributed by atoms with van der Waals surface area (Å²) in [6, 6.07) is 17.7. The van der Waals surface area contributed by atoms with Crippen molar-refractivity contribution < 1.29 is 4.79 Å². The van der Waals surface area contributed by atoms with E-state index >= 15 is 0 Å². The average molecular weight is 393 g/mol. The quantitative estimate of drug-likeness (QED) is 0.632. The first-order valence-electron chi connectivity index (χ1n) is 9.27. The Morgan fingerprint density at radius 2 is 1.68 bits per heavy atom. The van der Waals surface area contributed by atoms with Crippen LogP contribution in [0.5, 0.6) is 0 Å². The lowest BCUT2D eigenvalue weighted by molar-refractivity contribution is -0.126. The second kappa shape index (κ2) is 8.31. The van der Waals surface area contributed by atoms with E-state index in [0.29, 0.717) is 13.1 Å². The first kappa shape index (κ1) is 18.3. The van der Waals surface area contributed by atoms with Gasteiger partial charge in [-0.1, -0.05) is 41.9 Å². The summed E-state index contributed by atoms with van der Waals surface area (Å²) in [5.41, 5.74) is 2.91. The molecular formula is C22H21ClN4O. The molecule has 4 rings (SSSR count). The molecule has 6 heteroatoms. The van der Waals surface area contributed by atoms with E-state index in [0.717, 1.165) is 35.1 Å². The third-order valence-electron chi connectivity index (χ3n) is 4.83. The Labute approximate surface area is 169 Å². The van der Waals surface area contributed by atoms with Crippen LogP contribution < -0.4 is 4.90 Å². The monoisotopic (exact) mass is 392 g/mol. The summed E-state index contributed by atoms with van der Waals surface area (Å²) >= 11 is 6.28. The third-order valence-corrected chi connectivity index (χ3v) is 5.15. The highest BCUT2D eigenvalue weighted by Gasteiger charge is 2.20. The zero-order valence-corrected chi connectivity index (χ0v) is 16.2. The number of para-hydroxylation sites is 2. The molecule has 1 aromatic heterocycles. The summed E-state index contributed by atoms with van der Waals surface area (Å²) < 4.78 is 1.80. The van der Waals surface area contributed by atoms with Gasteiger partial charge in [-0.2, -0.15) is 5.10 Å². The van der Waals surface area contributed by atoms with Crippen LogP contribution in [0.25, 0.3) is 11.8 Å². The Morgan fingerprint density at radius 1 is 0.964 bits per heavy atom. The number of carbonyl (C=O) groups excluding carboxylic acids is 1. The molecule has 0 N–H and O–H groups in total. The number of hydrogen-bond acceptors (Lipinski definition) is 3. The minimum absolute atomic E-state index is 0.0197. The molecule has 1 amide bonds. The van der Waals surface area contributed by atoms with E-state index in [1.54, 1.807) is 17.0 Å². The minimum atomic E-state index is 0.0197. The van der Waals surface area contributed by atoms with Crippen LogP contribution in [0.3, 0.4) is 0 Å². The molecule has 1 saturated heterocycles.